The second kappa shape index (κ2) is 5.87. The summed E-state index contributed by atoms with van der Waals surface area (Å²) in [4.78, 5) is 12.2. The molecule has 1 fully saturated rings. The van der Waals surface area contributed by atoms with Gasteiger partial charge in [0.05, 0.1) is 26.2 Å². The van der Waals surface area contributed by atoms with E-state index in [1.54, 1.807) is 7.11 Å². The van der Waals surface area contributed by atoms with Crippen molar-refractivity contribution >= 4 is 5.97 Å². The van der Waals surface area contributed by atoms with E-state index in [0.717, 1.165) is 37.2 Å². The summed E-state index contributed by atoms with van der Waals surface area (Å²) < 4.78 is 5.32. The van der Waals surface area contributed by atoms with Gasteiger partial charge < -0.3 is 19.5 Å². The second-order valence-corrected chi connectivity index (χ2v) is 4.85. The van der Waals surface area contributed by atoms with Crippen molar-refractivity contribution in [2.45, 2.75) is 19.4 Å². The van der Waals surface area contributed by atoms with Gasteiger partial charge in [-0.15, -0.1) is 0 Å². The van der Waals surface area contributed by atoms with Crippen molar-refractivity contribution in [1.29, 1.82) is 0 Å². The number of benzene rings is 1. The molecule has 0 radical (unpaired) electrons. The van der Waals surface area contributed by atoms with Gasteiger partial charge in [-0.2, -0.15) is 0 Å². The van der Waals surface area contributed by atoms with Crippen molar-refractivity contribution < 1.29 is 19.5 Å². The lowest BCUT2D eigenvalue weighted by molar-refractivity contribution is -0.921. The number of carboxylic acid groups (broad SMARTS) is 1. The molecule has 2 atom stereocenters. The van der Waals surface area contributed by atoms with Crippen LogP contribution in [0, 0.1) is 5.92 Å². The molecule has 98 valence electrons. The van der Waals surface area contributed by atoms with Crippen molar-refractivity contribution in [2.75, 3.05) is 20.2 Å². The minimum Gasteiger partial charge on any atom is -0.550 e. The zero-order chi connectivity index (χ0) is 13.0. The van der Waals surface area contributed by atoms with E-state index in [1.807, 2.05) is 24.3 Å². The molecule has 1 heterocycles. The topological polar surface area (TPSA) is 53.8 Å². The molecule has 0 bridgehead atoms. The fourth-order valence-corrected chi connectivity index (χ4v) is 2.63. The average molecular weight is 249 g/mol. The summed E-state index contributed by atoms with van der Waals surface area (Å²) in [7, 11) is 1.66. The van der Waals surface area contributed by atoms with Crippen LogP contribution in [-0.4, -0.2) is 26.2 Å². The largest absolute Gasteiger partial charge is 0.550 e. The minimum absolute atomic E-state index is 0.302. The Kier molecular flexibility index (Phi) is 4.20. The van der Waals surface area contributed by atoms with Gasteiger partial charge in [-0.1, -0.05) is 12.1 Å². The number of rotatable bonds is 4. The smallest absolute Gasteiger partial charge is 0.127 e. The van der Waals surface area contributed by atoms with E-state index < -0.39 is 5.97 Å². The number of hydrogen-bond acceptors (Lipinski definition) is 3. The Hall–Kier alpha value is -1.55. The van der Waals surface area contributed by atoms with Crippen molar-refractivity contribution in [3.8, 4) is 5.75 Å². The van der Waals surface area contributed by atoms with Crippen LogP contribution in [0.3, 0.4) is 0 Å². The highest BCUT2D eigenvalue weighted by molar-refractivity contribution is 5.67. The summed E-state index contributed by atoms with van der Waals surface area (Å²) in [5, 5.41) is 10.9. The molecule has 1 aromatic carbocycles. The number of piperidine rings is 1. The maximum absolute atomic E-state index is 10.9. The number of carbonyl (C=O) groups is 1. The highest BCUT2D eigenvalue weighted by Gasteiger charge is 2.24. The van der Waals surface area contributed by atoms with Crippen molar-refractivity contribution in [1.82, 2.24) is 0 Å². The maximum Gasteiger partial charge on any atom is 0.127 e. The number of carboxylic acids is 1. The molecule has 0 saturated carbocycles. The lowest BCUT2D eigenvalue weighted by atomic mass is 9.98. The van der Waals surface area contributed by atoms with E-state index >= 15 is 0 Å². The van der Waals surface area contributed by atoms with E-state index in [0.29, 0.717) is 6.54 Å². The van der Waals surface area contributed by atoms with Gasteiger partial charge >= 0.3 is 0 Å². The number of hydrogen-bond donors (Lipinski definition) is 1. The normalized spacial score (nSPS) is 23.6. The number of para-hydroxylation sites is 1. The van der Waals surface area contributed by atoms with Crippen molar-refractivity contribution in [3.05, 3.63) is 29.8 Å². The standard InChI is InChI=1S/C14H19NO3/c1-18-13-7-3-2-5-11(13)9-15-8-4-6-12(10-15)14(16)17/h2-3,5,7,12H,4,6,8-10H2,1H3,(H,16,17)/t12-/m1/s1. The summed E-state index contributed by atoms with van der Waals surface area (Å²) in [6.07, 6.45) is 1.70. The predicted octanol–water partition coefficient (Wildman–Crippen LogP) is -0.760. The minimum atomic E-state index is -0.910. The lowest BCUT2D eigenvalue weighted by Gasteiger charge is -2.30. The molecule has 1 aliphatic heterocycles. The molecule has 1 unspecified atom stereocenters. The van der Waals surface area contributed by atoms with Crippen LogP contribution in [0.2, 0.25) is 0 Å². The maximum atomic E-state index is 10.9. The lowest BCUT2D eigenvalue weighted by Crippen LogP contribution is -3.12. The van der Waals surface area contributed by atoms with Gasteiger partial charge in [0.25, 0.3) is 0 Å². The number of likely N-dealkylation sites (tertiary alicyclic amines) is 1. The molecule has 0 aromatic heterocycles. The Balaban J connectivity index is 2.02. The van der Waals surface area contributed by atoms with E-state index in [9.17, 15) is 9.90 Å². The van der Waals surface area contributed by atoms with Crippen LogP contribution < -0.4 is 14.7 Å². The monoisotopic (exact) mass is 249 g/mol. The number of methoxy groups -OCH3 is 1. The molecule has 0 aliphatic carbocycles. The SMILES string of the molecule is COc1ccccc1C[NH+]1CCC[C@@H](C(=O)[O-])C1. The van der Waals surface area contributed by atoms with Gasteiger partial charge in [-0.3, -0.25) is 0 Å². The highest BCUT2D eigenvalue weighted by atomic mass is 16.5. The first-order chi connectivity index (χ1) is 8.70. The summed E-state index contributed by atoms with van der Waals surface area (Å²) in [5.41, 5.74) is 1.13. The van der Waals surface area contributed by atoms with Gasteiger partial charge in [0.1, 0.15) is 12.3 Å². The van der Waals surface area contributed by atoms with Crippen LogP contribution in [0.25, 0.3) is 0 Å². The van der Waals surface area contributed by atoms with Crippen molar-refractivity contribution in [2.24, 2.45) is 5.92 Å². The predicted molar refractivity (Wildman–Crippen MR) is 65.1 cm³/mol. The van der Waals surface area contributed by atoms with Crippen LogP contribution in [0.4, 0.5) is 0 Å². The Morgan fingerprint density at radius 3 is 3.00 bits per heavy atom. The molecular weight excluding hydrogens is 230 g/mol. The highest BCUT2D eigenvalue weighted by Crippen LogP contribution is 2.16. The molecular formula is C14H19NO3. The first-order valence-corrected chi connectivity index (χ1v) is 6.37. The Morgan fingerprint density at radius 1 is 1.50 bits per heavy atom. The van der Waals surface area contributed by atoms with Gasteiger partial charge in [0.15, 0.2) is 0 Å². The molecule has 1 aliphatic rings. The summed E-state index contributed by atoms with van der Waals surface area (Å²) in [6.45, 7) is 2.48. The number of carbonyl (C=O) groups excluding carboxylic acids is 1. The molecule has 1 saturated heterocycles. The third kappa shape index (κ3) is 3.01. The first-order valence-electron chi connectivity index (χ1n) is 6.37. The van der Waals surface area contributed by atoms with Crippen LogP contribution in [0.5, 0.6) is 5.75 Å². The van der Waals surface area contributed by atoms with Crippen LogP contribution in [-0.2, 0) is 11.3 Å². The summed E-state index contributed by atoms with van der Waals surface area (Å²) in [5.74, 6) is -0.337. The molecule has 0 amide bonds. The zero-order valence-electron chi connectivity index (χ0n) is 10.6. The fourth-order valence-electron chi connectivity index (χ4n) is 2.63. The Labute approximate surface area is 107 Å². The quantitative estimate of drug-likeness (QED) is 0.763. The molecule has 1 N–H and O–H groups in total. The second-order valence-electron chi connectivity index (χ2n) is 4.85. The summed E-state index contributed by atoms with van der Waals surface area (Å²) in [6, 6.07) is 7.90. The van der Waals surface area contributed by atoms with E-state index in [1.165, 1.54) is 4.90 Å². The summed E-state index contributed by atoms with van der Waals surface area (Å²) >= 11 is 0. The van der Waals surface area contributed by atoms with Gasteiger partial charge in [-0.05, 0) is 25.0 Å². The van der Waals surface area contributed by atoms with Crippen LogP contribution >= 0.6 is 0 Å². The number of aliphatic carboxylic acids is 1. The Morgan fingerprint density at radius 2 is 2.28 bits per heavy atom. The van der Waals surface area contributed by atoms with Gasteiger partial charge in [-0.25, -0.2) is 0 Å². The molecule has 18 heavy (non-hydrogen) atoms. The first kappa shape index (κ1) is 12.9. The fraction of sp³-hybridized carbons (Fsp3) is 0.500. The number of ether oxygens (including phenoxy) is 1. The third-order valence-electron chi connectivity index (χ3n) is 3.58. The van der Waals surface area contributed by atoms with E-state index in [4.69, 9.17) is 4.74 Å². The van der Waals surface area contributed by atoms with E-state index in [-0.39, 0.29) is 5.92 Å². The van der Waals surface area contributed by atoms with Gasteiger partial charge in [0.2, 0.25) is 0 Å². The molecule has 2 rings (SSSR count). The molecule has 4 nitrogen and oxygen atoms in total. The van der Waals surface area contributed by atoms with E-state index in [2.05, 4.69) is 0 Å². The molecule has 1 aromatic rings. The average Bonchev–Trinajstić information content (AvgIpc) is 2.39. The number of quaternary nitrogens is 1. The Bertz CT molecular complexity index is 419. The van der Waals surface area contributed by atoms with Gasteiger partial charge in [0, 0.05) is 11.5 Å². The number of nitrogens with one attached hydrogen (secondary N) is 1. The van der Waals surface area contributed by atoms with Crippen molar-refractivity contribution in [3.63, 3.8) is 0 Å². The molecule has 4 heteroatoms. The zero-order valence-corrected chi connectivity index (χ0v) is 10.6. The van der Waals surface area contributed by atoms with Crippen LogP contribution in [0.15, 0.2) is 24.3 Å². The third-order valence-corrected chi connectivity index (χ3v) is 3.58. The van der Waals surface area contributed by atoms with Crippen LogP contribution in [0.1, 0.15) is 18.4 Å². The molecule has 0 spiro atoms.